The summed E-state index contributed by atoms with van der Waals surface area (Å²) in [5, 5.41) is 3.90. The summed E-state index contributed by atoms with van der Waals surface area (Å²) in [6, 6.07) is 12.6. The van der Waals surface area contributed by atoms with Crippen molar-refractivity contribution in [3.05, 3.63) is 53.1 Å². The molecule has 1 aromatic heterocycles. The Balaban J connectivity index is 1.79. The van der Waals surface area contributed by atoms with E-state index in [0.717, 1.165) is 10.4 Å². The Labute approximate surface area is 136 Å². The van der Waals surface area contributed by atoms with E-state index in [9.17, 15) is 4.79 Å². The topological polar surface area (TPSA) is 51.2 Å². The first kappa shape index (κ1) is 14.8. The maximum absolute atomic E-state index is 12.2. The number of fused-ring (bicyclic) bond motifs is 1. The second-order valence-corrected chi connectivity index (χ2v) is 5.95. The molecular weight excluding hydrogens is 320 g/mol. The highest BCUT2D eigenvalue weighted by molar-refractivity contribution is 7.22. The van der Waals surface area contributed by atoms with Crippen LogP contribution >= 0.6 is 22.9 Å². The summed E-state index contributed by atoms with van der Waals surface area (Å²) >= 11 is 7.48. The van der Waals surface area contributed by atoms with Crippen LogP contribution in [-0.2, 0) is 0 Å². The van der Waals surface area contributed by atoms with Crippen LogP contribution in [0, 0.1) is 0 Å². The molecule has 0 aliphatic rings. The molecule has 112 valence electrons. The lowest BCUT2D eigenvalue weighted by atomic mass is 10.2. The Kier molecular flexibility index (Phi) is 4.27. The number of hydrogen-bond acceptors (Lipinski definition) is 4. The lowest BCUT2D eigenvalue weighted by Gasteiger charge is -2.04. The molecule has 0 saturated heterocycles. The number of rotatable bonds is 4. The summed E-state index contributed by atoms with van der Waals surface area (Å²) in [6.07, 6.45) is 0. The molecule has 0 saturated carbocycles. The van der Waals surface area contributed by atoms with E-state index in [4.69, 9.17) is 16.3 Å². The number of hydrogen-bond donors (Lipinski definition) is 1. The fourth-order valence-corrected chi connectivity index (χ4v) is 3.17. The Morgan fingerprint density at radius 2 is 2.05 bits per heavy atom. The van der Waals surface area contributed by atoms with Crippen LogP contribution in [-0.4, -0.2) is 17.5 Å². The number of anilines is 1. The number of benzene rings is 2. The van der Waals surface area contributed by atoms with Gasteiger partial charge in [-0.05, 0) is 43.3 Å². The second kappa shape index (κ2) is 6.34. The third-order valence-electron chi connectivity index (χ3n) is 3.02. The van der Waals surface area contributed by atoms with E-state index in [1.54, 1.807) is 30.3 Å². The first-order valence-corrected chi connectivity index (χ1v) is 7.96. The average Bonchev–Trinajstić information content (AvgIpc) is 2.92. The smallest absolute Gasteiger partial charge is 0.257 e. The Bertz CT molecular complexity index is 815. The minimum Gasteiger partial charge on any atom is -0.494 e. The van der Waals surface area contributed by atoms with Crippen molar-refractivity contribution < 1.29 is 9.53 Å². The number of halogens is 1. The molecule has 0 radical (unpaired) electrons. The molecule has 0 fully saturated rings. The number of carbonyl (C=O) groups excluding carboxylic acids is 1. The standard InChI is InChI=1S/C16H13ClN2O2S/c1-2-21-11-8-6-10(7-9-11)15(20)19-16-18-14-12(17)4-3-5-13(14)22-16/h3-9H,2H2,1H3,(H,18,19,20). The zero-order chi connectivity index (χ0) is 15.5. The van der Waals surface area contributed by atoms with Gasteiger partial charge in [-0.1, -0.05) is 29.0 Å². The second-order valence-electron chi connectivity index (χ2n) is 4.52. The van der Waals surface area contributed by atoms with Gasteiger partial charge in [-0.25, -0.2) is 4.98 Å². The number of nitrogens with one attached hydrogen (secondary N) is 1. The quantitative estimate of drug-likeness (QED) is 0.759. The van der Waals surface area contributed by atoms with Crippen LogP contribution in [0.5, 0.6) is 5.75 Å². The van der Waals surface area contributed by atoms with E-state index in [0.29, 0.717) is 27.8 Å². The summed E-state index contributed by atoms with van der Waals surface area (Å²) in [6.45, 7) is 2.51. The van der Waals surface area contributed by atoms with Crippen molar-refractivity contribution in [3.63, 3.8) is 0 Å². The number of thiazole rings is 1. The van der Waals surface area contributed by atoms with Gasteiger partial charge in [0, 0.05) is 5.56 Å². The minimum atomic E-state index is -0.210. The fraction of sp³-hybridized carbons (Fsp3) is 0.125. The van der Waals surface area contributed by atoms with Crippen molar-refractivity contribution in [2.24, 2.45) is 0 Å². The normalized spacial score (nSPS) is 10.6. The molecular formula is C16H13ClN2O2S. The first-order valence-electron chi connectivity index (χ1n) is 6.76. The number of para-hydroxylation sites is 1. The summed E-state index contributed by atoms with van der Waals surface area (Å²) in [5.74, 6) is 0.532. The van der Waals surface area contributed by atoms with Gasteiger partial charge in [0.2, 0.25) is 0 Å². The predicted octanol–water partition coefficient (Wildman–Crippen LogP) is 4.60. The molecule has 0 aliphatic heterocycles. The maximum Gasteiger partial charge on any atom is 0.257 e. The van der Waals surface area contributed by atoms with Crippen molar-refractivity contribution >= 4 is 44.2 Å². The van der Waals surface area contributed by atoms with Gasteiger partial charge in [0.15, 0.2) is 5.13 Å². The third kappa shape index (κ3) is 3.05. The Morgan fingerprint density at radius 3 is 2.73 bits per heavy atom. The number of ether oxygens (including phenoxy) is 1. The maximum atomic E-state index is 12.2. The van der Waals surface area contributed by atoms with Gasteiger partial charge in [0.05, 0.1) is 16.3 Å². The molecule has 3 aromatic rings. The molecule has 0 unspecified atom stereocenters. The largest absolute Gasteiger partial charge is 0.494 e. The Hall–Kier alpha value is -2.11. The van der Waals surface area contributed by atoms with E-state index < -0.39 is 0 Å². The molecule has 1 N–H and O–H groups in total. The van der Waals surface area contributed by atoms with Crippen LogP contribution in [0.15, 0.2) is 42.5 Å². The number of nitrogens with zero attached hydrogens (tertiary/aromatic N) is 1. The predicted molar refractivity (Wildman–Crippen MR) is 90.2 cm³/mol. The van der Waals surface area contributed by atoms with Crippen LogP contribution in [0.4, 0.5) is 5.13 Å². The molecule has 3 rings (SSSR count). The van der Waals surface area contributed by atoms with Crippen molar-refractivity contribution in [2.45, 2.75) is 6.92 Å². The molecule has 6 heteroatoms. The molecule has 4 nitrogen and oxygen atoms in total. The van der Waals surface area contributed by atoms with Gasteiger partial charge >= 0.3 is 0 Å². The van der Waals surface area contributed by atoms with E-state index >= 15 is 0 Å². The number of amides is 1. The minimum absolute atomic E-state index is 0.210. The lowest BCUT2D eigenvalue weighted by Crippen LogP contribution is -2.11. The van der Waals surface area contributed by atoms with Crippen LogP contribution in [0.3, 0.4) is 0 Å². The highest BCUT2D eigenvalue weighted by atomic mass is 35.5. The summed E-state index contributed by atoms with van der Waals surface area (Å²) in [7, 11) is 0. The average molecular weight is 333 g/mol. The van der Waals surface area contributed by atoms with Crippen molar-refractivity contribution in [2.75, 3.05) is 11.9 Å². The van der Waals surface area contributed by atoms with Gasteiger partial charge in [-0.3, -0.25) is 10.1 Å². The van der Waals surface area contributed by atoms with Gasteiger partial charge in [0.25, 0.3) is 5.91 Å². The van der Waals surface area contributed by atoms with Gasteiger partial charge in [-0.2, -0.15) is 0 Å². The Morgan fingerprint density at radius 1 is 1.27 bits per heavy atom. The third-order valence-corrected chi connectivity index (χ3v) is 4.26. The molecule has 2 aromatic carbocycles. The fourth-order valence-electron chi connectivity index (χ4n) is 2.01. The number of carbonyl (C=O) groups is 1. The highest BCUT2D eigenvalue weighted by Crippen LogP contribution is 2.30. The van der Waals surface area contributed by atoms with Crippen LogP contribution < -0.4 is 10.1 Å². The zero-order valence-corrected chi connectivity index (χ0v) is 13.4. The SMILES string of the molecule is CCOc1ccc(C(=O)Nc2nc3c(Cl)cccc3s2)cc1. The van der Waals surface area contributed by atoms with Crippen LogP contribution in [0.1, 0.15) is 17.3 Å². The first-order chi connectivity index (χ1) is 10.7. The van der Waals surface area contributed by atoms with E-state index in [1.807, 2.05) is 19.1 Å². The highest BCUT2D eigenvalue weighted by Gasteiger charge is 2.11. The summed E-state index contributed by atoms with van der Waals surface area (Å²) in [4.78, 5) is 16.6. The van der Waals surface area contributed by atoms with Crippen LogP contribution in [0.2, 0.25) is 5.02 Å². The molecule has 0 bridgehead atoms. The molecule has 1 heterocycles. The van der Waals surface area contributed by atoms with Gasteiger partial charge < -0.3 is 4.74 Å². The van der Waals surface area contributed by atoms with Crippen molar-refractivity contribution in [1.29, 1.82) is 0 Å². The molecule has 22 heavy (non-hydrogen) atoms. The lowest BCUT2D eigenvalue weighted by molar-refractivity contribution is 0.102. The summed E-state index contributed by atoms with van der Waals surface area (Å²) in [5.41, 5.74) is 1.25. The molecule has 0 atom stereocenters. The van der Waals surface area contributed by atoms with Gasteiger partial charge in [-0.15, -0.1) is 0 Å². The van der Waals surface area contributed by atoms with Crippen molar-refractivity contribution in [3.8, 4) is 5.75 Å². The molecule has 0 spiro atoms. The number of aromatic nitrogens is 1. The van der Waals surface area contributed by atoms with Gasteiger partial charge in [0.1, 0.15) is 11.3 Å². The summed E-state index contributed by atoms with van der Waals surface area (Å²) < 4.78 is 6.29. The molecule has 0 aliphatic carbocycles. The van der Waals surface area contributed by atoms with E-state index in [1.165, 1.54) is 11.3 Å². The zero-order valence-electron chi connectivity index (χ0n) is 11.8. The molecule has 1 amide bonds. The van der Waals surface area contributed by atoms with Crippen molar-refractivity contribution in [1.82, 2.24) is 4.98 Å². The van der Waals surface area contributed by atoms with Crippen LogP contribution in [0.25, 0.3) is 10.2 Å². The van der Waals surface area contributed by atoms with E-state index in [2.05, 4.69) is 10.3 Å². The van der Waals surface area contributed by atoms with E-state index in [-0.39, 0.29) is 5.91 Å². The monoisotopic (exact) mass is 332 g/mol.